The Labute approximate surface area is 207 Å². The molecule has 5 aliphatic carbocycles. The van der Waals surface area contributed by atoms with Crippen molar-refractivity contribution < 1.29 is 20.1 Å². The summed E-state index contributed by atoms with van der Waals surface area (Å²) in [6.07, 6.45) is 9.43. The van der Waals surface area contributed by atoms with Crippen molar-refractivity contribution in [1.29, 1.82) is 0 Å². The minimum absolute atomic E-state index is 0.0365. The Bertz CT molecular complexity index is 864. The summed E-state index contributed by atoms with van der Waals surface area (Å²) in [5.41, 5.74) is -1.38. The second-order valence-corrected chi connectivity index (χ2v) is 15.1. The summed E-state index contributed by atoms with van der Waals surface area (Å²) in [5.74, 6) is 0.660. The van der Waals surface area contributed by atoms with Crippen molar-refractivity contribution in [3.63, 3.8) is 0 Å². The third-order valence-corrected chi connectivity index (χ3v) is 14.1. The molecule has 0 aromatic heterocycles. The average molecular weight is 475 g/mol. The Morgan fingerprint density at radius 3 is 2.09 bits per heavy atom. The van der Waals surface area contributed by atoms with Crippen molar-refractivity contribution in [1.82, 2.24) is 0 Å². The molecule has 4 nitrogen and oxygen atoms in total. The van der Waals surface area contributed by atoms with Gasteiger partial charge in [0.2, 0.25) is 0 Å². The highest BCUT2D eigenvalue weighted by Crippen LogP contribution is 2.77. The summed E-state index contributed by atoms with van der Waals surface area (Å²) in [7, 11) is 0. The standard InChI is InChI=1S/C30H50O4/c1-18-10-15-30(24(32)33)17-16-27(5)19(23(30)29(18,7)34)8-9-21-26(4)13-12-22(31)25(2,3)20(26)11-14-28(21,27)6/h18-23,31,34H,8-17H2,1-7H3,(H,32,33)/t18?,19?,20?,21?,22-,23?,26-,27?,28+,29+,30-/m0/s1. The van der Waals surface area contributed by atoms with Crippen molar-refractivity contribution in [2.75, 3.05) is 0 Å². The van der Waals surface area contributed by atoms with E-state index < -0.39 is 17.0 Å². The van der Waals surface area contributed by atoms with Gasteiger partial charge in [-0.05, 0) is 116 Å². The molecule has 0 aromatic carbocycles. The molecular weight excluding hydrogens is 424 g/mol. The monoisotopic (exact) mass is 474 g/mol. The van der Waals surface area contributed by atoms with E-state index in [1.165, 1.54) is 0 Å². The van der Waals surface area contributed by atoms with Crippen molar-refractivity contribution in [2.45, 2.75) is 124 Å². The summed E-state index contributed by atoms with van der Waals surface area (Å²) in [6, 6.07) is 0. The third-order valence-electron chi connectivity index (χ3n) is 14.1. The first-order chi connectivity index (χ1) is 15.6. The lowest BCUT2D eigenvalue weighted by atomic mass is 9.31. The normalized spacial score (nSPS) is 58.6. The topological polar surface area (TPSA) is 77.8 Å². The first kappa shape index (κ1) is 25.1. The van der Waals surface area contributed by atoms with E-state index in [9.17, 15) is 20.1 Å². The van der Waals surface area contributed by atoms with Crippen LogP contribution in [0.4, 0.5) is 0 Å². The van der Waals surface area contributed by atoms with Gasteiger partial charge >= 0.3 is 5.97 Å². The molecule has 0 spiro atoms. The van der Waals surface area contributed by atoms with Gasteiger partial charge < -0.3 is 15.3 Å². The molecule has 194 valence electrons. The fourth-order valence-corrected chi connectivity index (χ4v) is 11.7. The largest absolute Gasteiger partial charge is 0.481 e. The maximum Gasteiger partial charge on any atom is 0.310 e. The van der Waals surface area contributed by atoms with Gasteiger partial charge in [0.15, 0.2) is 0 Å². The van der Waals surface area contributed by atoms with Crippen LogP contribution in [-0.2, 0) is 4.79 Å². The number of carbonyl (C=O) groups is 1. The van der Waals surface area contributed by atoms with E-state index in [0.717, 1.165) is 51.4 Å². The Kier molecular flexibility index (Phi) is 5.34. The van der Waals surface area contributed by atoms with Crippen LogP contribution in [0.15, 0.2) is 0 Å². The number of hydrogen-bond acceptors (Lipinski definition) is 3. The Balaban J connectivity index is 1.58. The highest BCUT2D eigenvalue weighted by atomic mass is 16.4. The number of fused-ring (bicyclic) bond motifs is 7. The molecule has 0 aromatic rings. The van der Waals surface area contributed by atoms with E-state index in [2.05, 4.69) is 41.5 Å². The first-order valence-corrected chi connectivity index (χ1v) is 14.2. The average Bonchev–Trinajstić information content (AvgIpc) is 2.74. The van der Waals surface area contributed by atoms with Crippen LogP contribution in [0, 0.1) is 56.7 Å². The minimum atomic E-state index is -0.940. The van der Waals surface area contributed by atoms with Gasteiger partial charge in [-0.15, -0.1) is 0 Å². The van der Waals surface area contributed by atoms with Crippen LogP contribution in [0.3, 0.4) is 0 Å². The van der Waals surface area contributed by atoms with Gasteiger partial charge in [-0.25, -0.2) is 0 Å². The smallest absolute Gasteiger partial charge is 0.310 e. The van der Waals surface area contributed by atoms with Gasteiger partial charge in [0.1, 0.15) is 0 Å². The van der Waals surface area contributed by atoms with Crippen LogP contribution in [0.1, 0.15) is 113 Å². The lowest BCUT2D eigenvalue weighted by Crippen LogP contribution is -2.70. The van der Waals surface area contributed by atoms with Gasteiger partial charge in [0.05, 0.1) is 17.1 Å². The summed E-state index contributed by atoms with van der Waals surface area (Å²) < 4.78 is 0. The second-order valence-electron chi connectivity index (χ2n) is 15.1. The zero-order valence-corrected chi connectivity index (χ0v) is 22.8. The fourth-order valence-electron chi connectivity index (χ4n) is 11.7. The zero-order chi connectivity index (χ0) is 25.1. The molecule has 5 saturated carbocycles. The molecule has 5 aliphatic rings. The van der Waals surface area contributed by atoms with Crippen molar-refractivity contribution in [3.8, 4) is 0 Å². The SMILES string of the molecule is CC1CC[C@]2(C(=O)O)CCC3(C)C(CCC4[C@@]5(C)CC[C@H](O)C(C)(C)C5CC[C@]43C)C2[C@]1(C)O. The summed E-state index contributed by atoms with van der Waals surface area (Å²) in [6.45, 7) is 16.2. The molecule has 0 bridgehead atoms. The van der Waals surface area contributed by atoms with E-state index >= 15 is 0 Å². The molecular formula is C30H50O4. The lowest BCUT2D eigenvalue weighted by Gasteiger charge is -2.74. The summed E-state index contributed by atoms with van der Waals surface area (Å²) in [5, 5.41) is 33.4. The van der Waals surface area contributed by atoms with Gasteiger partial charge in [-0.3, -0.25) is 4.79 Å². The van der Waals surface area contributed by atoms with E-state index in [4.69, 9.17) is 0 Å². The van der Waals surface area contributed by atoms with E-state index in [0.29, 0.717) is 24.7 Å². The van der Waals surface area contributed by atoms with Crippen molar-refractivity contribution >= 4 is 5.97 Å². The van der Waals surface area contributed by atoms with Crippen LogP contribution in [-0.4, -0.2) is 33.0 Å². The van der Waals surface area contributed by atoms with Gasteiger partial charge in [-0.1, -0.05) is 41.5 Å². The number of hydrogen-bond donors (Lipinski definition) is 3. The lowest BCUT2D eigenvalue weighted by molar-refractivity contribution is -0.277. The number of carboxylic acid groups (broad SMARTS) is 1. The molecule has 5 rings (SSSR count). The van der Waals surface area contributed by atoms with E-state index in [-0.39, 0.29) is 45.5 Å². The molecule has 6 unspecified atom stereocenters. The molecule has 34 heavy (non-hydrogen) atoms. The maximum atomic E-state index is 12.9. The molecule has 0 amide bonds. The minimum Gasteiger partial charge on any atom is -0.481 e. The van der Waals surface area contributed by atoms with Crippen LogP contribution in [0.5, 0.6) is 0 Å². The van der Waals surface area contributed by atoms with E-state index in [1.54, 1.807) is 0 Å². The Hall–Kier alpha value is -0.610. The summed E-state index contributed by atoms with van der Waals surface area (Å²) >= 11 is 0. The predicted molar refractivity (Wildman–Crippen MR) is 134 cm³/mol. The highest BCUT2D eigenvalue weighted by Gasteiger charge is 2.73. The molecule has 3 N–H and O–H groups in total. The van der Waals surface area contributed by atoms with Crippen molar-refractivity contribution in [3.05, 3.63) is 0 Å². The second kappa shape index (κ2) is 7.24. The molecule has 0 saturated heterocycles. The van der Waals surface area contributed by atoms with Crippen LogP contribution in [0.25, 0.3) is 0 Å². The predicted octanol–water partition coefficient (Wildman–Crippen LogP) is 6.28. The Morgan fingerprint density at radius 2 is 1.44 bits per heavy atom. The Morgan fingerprint density at radius 1 is 0.765 bits per heavy atom. The summed E-state index contributed by atoms with van der Waals surface area (Å²) in [4.78, 5) is 12.9. The van der Waals surface area contributed by atoms with Gasteiger partial charge in [0.25, 0.3) is 0 Å². The zero-order valence-electron chi connectivity index (χ0n) is 22.8. The highest BCUT2D eigenvalue weighted by molar-refractivity contribution is 5.76. The van der Waals surface area contributed by atoms with Gasteiger partial charge in [-0.2, -0.15) is 0 Å². The van der Waals surface area contributed by atoms with Gasteiger partial charge in [0, 0.05) is 5.92 Å². The quantitative estimate of drug-likeness (QED) is 0.418. The van der Waals surface area contributed by atoms with Crippen LogP contribution in [0.2, 0.25) is 0 Å². The molecule has 4 heteroatoms. The van der Waals surface area contributed by atoms with Crippen LogP contribution >= 0.6 is 0 Å². The first-order valence-electron chi connectivity index (χ1n) is 14.2. The maximum absolute atomic E-state index is 12.9. The fraction of sp³-hybridized carbons (Fsp3) is 0.967. The number of carboxylic acids is 1. The number of aliphatic hydroxyl groups is 2. The number of aliphatic hydroxyl groups excluding tert-OH is 1. The molecule has 5 fully saturated rings. The number of rotatable bonds is 1. The third kappa shape index (κ3) is 2.77. The number of aliphatic carboxylic acids is 1. The van der Waals surface area contributed by atoms with Crippen LogP contribution < -0.4 is 0 Å². The molecule has 11 atom stereocenters. The molecule has 0 aliphatic heterocycles. The van der Waals surface area contributed by atoms with E-state index in [1.807, 2.05) is 6.92 Å². The molecule has 0 radical (unpaired) electrons. The molecule has 0 heterocycles. The van der Waals surface area contributed by atoms with Crippen molar-refractivity contribution in [2.24, 2.45) is 56.7 Å².